The van der Waals surface area contributed by atoms with E-state index in [1.807, 2.05) is 48.7 Å². The van der Waals surface area contributed by atoms with Gasteiger partial charge in [-0.1, -0.05) is 49.4 Å². The second kappa shape index (κ2) is 11.7. The Kier molecular flexibility index (Phi) is 8.16. The van der Waals surface area contributed by atoms with Gasteiger partial charge in [-0.3, -0.25) is 4.79 Å². The number of carbonyl (C=O) groups excluding carboxylic acids is 1. The fraction of sp³-hybridized carbons (Fsp3) is 0.300. The molecule has 1 atom stereocenters. The number of benzene rings is 3. The van der Waals surface area contributed by atoms with Crippen LogP contribution in [0.5, 0.6) is 17.2 Å². The topological polar surface area (TPSA) is 72.6 Å². The molecule has 0 aliphatic rings. The van der Waals surface area contributed by atoms with E-state index in [2.05, 4.69) is 35.4 Å². The zero-order valence-electron chi connectivity index (χ0n) is 21.4. The van der Waals surface area contributed by atoms with Crippen molar-refractivity contribution in [2.45, 2.75) is 32.1 Å². The first kappa shape index (κ1) is 25.2. The molecule has 0 saturated carbocycles. The van der Waals surface area contributed by atoms with Gasteiger partial charge in [0.05, 0.1) is 21.3 Å². The number of hydrogen-bond donors (Lipinski definition) is 2. The molecular weight excluding hydrogens is 452 g/mol. The van der Waals surface area contributed by atoms with Gasteiger partial charge in [0.2, 0.25) is 5.91 Å². The smallest absolute Gasteiger partial charge is 0.220 e. The molecule has 0 saturated heterocycles. The lowest BCUT2D eigenvalue weighted by Gasteiger charge is -2.20. The van der Waals surface area contributed by atoms with Gasteiger partial charge < -0.3 is 24.5 Å². The number of carbonyl (C=O) groups is 1. The molecule has 6 nitrogen and oxygen atoms in total. The van der Waals surface area contributed by atoms with E-state index in [4.69, 9.17) is 14.2 Å². The fourth-order valence-electron chi connectivity index (χ4n) is 4.80. The third-order valence-electron chi connectivity index (χ3n) is 6.68. The second-order valence-corrected chi connectivity index (χ2v) is 8.73. The molecule has 0 spiro atoms. The van der Waals surface area contributed by atoms with Gasteiger partial charge in [-0.25, -0.2) is 0 Å². The SMILES string of the molecule is CCc1cccc2c(C(CC(=O)NCCc3ccc(OC)c(OC)c3)c3ccccc3OC)c[nH]c12. The summed E-state index contributed by atoms with van der Waals surface area (Å²) in [5.74, 6) is 2.00. The number of H-pyrrole nitrogens is 1. The lowest BCUT2D eigenvalue weighted by Crippen LogP contribution is -2.27. The molecule has 36 heavy (non-hydrogen) atoms. The molecule has 2 N–H and O–H groups in total. The number of aromatic nitrogens is 1. The largest absolute Gasteiger partial charge is 0.496 e. The summed E-state index contributed by atoms with van der Waals surface area (Å²) in [6.45, 7) is 2.68. The zero-order chi connectivity index (χ0) is 25.5. The molecule has 188 valence electrons. The van der Waals surface area contributed by atoms with Crippen molar-refractivity contribution in [3.8, 4) is 17.2 Å². The van der Waals surface area contributed by atoms with Crippen molar-refractivity contribution < 1.29 is 19.0 Å². The number of methoxy groups -OCH3 is 3. The van der Waals surface area contributed by atoms with Crippen molar-refractivity contribution >= 4 is 16.8 Å². The average molecular weight is 487 g/mol. The van der Waals surface area contributed by atoms with Gasteiger partial charge in [0.25, 0.3) is 0 Å². The van der Waals surface area contributed by atoms with Crippen LogP contribution in [0.3, 0.4) is 0 Å². The number of aryl methyl sites for hydroxylation is 1. The number of rotatable bonds is 11. The van der Waals surface area contributed by atoms with Crippen LogP contribution in [0.2, 0.25) is 0 Å². The van der Waals surface area contributed by atoms with Crippen LogP contribution in [-0.4, -0.2) is 38.8 Å². The molecule has 0 aliphatic heterocycles. The molecule has 0 bridgehead atoms. The van der Waals surface area contributed by atoms with Crippen LogP contribution in [0.15, 0.2) is 66.9 Å². The minimum atomic E-state index is -0.150. The van der Waals surface area contributed by atoms with Gasteiger partial charge in [-0.05, 0) is 47.7 Å². The highest BCUT2D eigenvalue weighted by atomic mass is 16.5. The predicted molar refractivity (Wildman–Crippen MR) is 143 cm³/mol. The Labute approximate surface area is 212 Å². The van der Waals surface area contributed by atoms with Gasteiger partial charge in [-0.2, -0.15) is 0 Å². The highest BCUT2D eigenvalue weighted by Crippen LogP contribution is 2.38. The number of fused-ring (bicyclic) bond motifs is 1. The highest BCUT2D eigenvalue weighted by molar-refractivity contribution is 5.88. The van der Waals surface area contributed by atoms with Crippen molar-refractivity contribution in [1.29, 1.82) is 0 Å². The number of ether oxygens (including phenoxy) is 3. The lowest BCUT2D eigenvalue weighted by atomic mass is 9.87. The molecule has 0 radical (unpaired) electrons. The maximum absolute atomic E-state index is 13.2. The first-order valence-corrected chi connectivity index (χ1v) is 12.3. The summed E-state index contributed by atoms with van der Waals surface area (Å²) >= 11 is 0. The monoisotopic (exact) mass is 486 g/mol. The van der Waals surface area contributed by atoms with Gasteiger partial charge in [0.15, 0.2) is 11.5 Å². The Morgan fingerprint density at radius 3 is 2.42 bits per heavy atom. The third kappa shape index (κ3) is 5.33. The molecule has 0 aliphatic carbocycles. The van der Waals surface area contributed by atoms with Gasteiger partial charge >= 0.3 is 0 Å². The summed E-state index contributed by atoms with van der Waals surface area (Å²) in [7, 11) is 4.91. The van der Waals surface area contributed by atoms with Gasteiger partial charge in [0.1, 0.15) is 5.75 Å². The van der Waals surface area contributed by atoms with Crippen LogP contribution in [0.4, 0.5) is 0 Å². The molecule has 1 amide bonds. The van der Waals surface area contributed by atoms with Crippen molar-refractivity contribution in [3.05, 3.63) is 89.1 Å². The fourth-order valence-corrected chi connectivity index (χ4v) is 4.80. The minimum absolute atomic E-state index is 0.00706. The minimum Gasteiger partial charge on any atom is -0.496 e. The van der Waals surface area contributed by atoms with Crippen molar-refractivity contribution in [1.82, 2.24) is 10.3 Å². The second-order valence-electron chi connectivity index (χ2n) is 8.73. The van der Waals surface area contributed by atoms with Crippen LogP contribution in [0.1, 0.15) is 41.5 Å². The quantitative estimate of drug-likeness (QED) is 0.288. The highest BCUT2D eigenvalue weighted by Gasteiger charge is 2.24. The zero-order valence-corrected chi connectivity index (χ0v) is 21.4. The van der Waals surface area contributed by atoms with E-state index in [0.29, 0.717) is 30.9 Å². The number of hydrogen-bond acceptors (Lipinski definition) is 4. The maximum atomic E-state index is 13.2. The van der Waals surface area contributed by atoms with Gasteiger partial charge in [-0.15, -0.1) is 0 Å². The Morgan fingerprint density at radius 2 is 1.67 bits per heavy atom. The molecule has 1 heterocycles. The number of nitrogens with one attached hydrogen (secondary N) is 2. The molecule has 4 aromatic rings. The van der Waals surface area contributed by atoms with Gasteiger partial charge in [0, 0.05) is 41.5 Å². The predicted octanol–water partition coefficient (Wildman–Crippen LogP) is 5.64. The number of amides is 1. The Hall–Kier alpha value is -3.93. The summed E-state index contributed by atoms with van der Waals surface area (Å²) in [6, 6.07) is 20.1. The summed E-state index contributed by atoms with van der Waals surface area (Å²) in [4.78, 5) is 16.6. The molecule has 0 fully saturated rings. The Bertz CT molecular complexity index is 1330. The van der Waals surface area contributed by atoms with Crippen LogP contribution >= 0.6 is 0 Å². The van der Waals surface area contributed by atoms with Crippen molar-refractivity contribution in [2.24, 2.45) is 0 Å². The number of para-hydroxylation sites is 2. The summed E-state index contributed by atoms with van der Waals surface area (Å²) in [5.41, 5.74) is 5.55. The first-order valence-electron chi connectivity index (χ1n) is 12.3. The normalized spacial score (nSPS) is 11.8. The third-order valence-corrected chi connectivity index (χ3v) is 6.68. The van der Waals surface area contributed by atoms with E-state index in [9.17, 15) is 4.79 Å². The summed E-state index contributed by atoms with van der Waals surface area (Å²) in [6.07, 6.45) is 3.99. The van der Waals surface area contributed by atoms with E-state index >= 15 is 0 Å². The number of aromatic amines is 1. The van der Waals surface area contributed by atoms with E-state index in [1.165, 1.54) is 5.56 Å². The van der Waals surface area contributed by atoms with Crippen LogP contribution < -0.4 is 19.5 Å². The van der Waals surface area contributed by atoms with Crippen LogP contribution in [0.25, 0.3) is 10.9 Å². The average Bonchev–Trinajstić information content (AvgIpc) is 3.35. The molecule has 4 rings (SSSR count). The molecule has 1 unspecified atom stereocenters. The maximum Gasteiger partial charge on any atom is 0.220 e. The van der Waals surface area contributed by atoms with Crippen molar-refractivity contribution in [2.75, 3.05) is 27.9 Å². The van der Waals surface area contributed by atoms with Crippen molar-refractivity contribution in [3.63, 3.8) is 0 Å². The molecule has 3 aromatic carbocycles. The molecule has 1 aromatic heterocycles. The first-order chi connectivity index (χ1) is 17.6. The lowest BCUT2D eigenvalue weighted by molar-refractivity contribution is -0.121. The Balaban J connectivity index is 1.55. The molecule has 6 heteroatoms. The molecular formula is C30H34N2O4. The standard InChI is InChI=1S/C30H34N2O4/c1-5-21-9-8-11-23-25(19-32-30(21)23)24(22-10-6-7-12-26(22)34-2)18-29(33)31-16-15-20-13-14-27(35-3)28(17-20)36-4/h6-14,17,19,24,32H,5,15-16,18H2,1-4H3,(H,31,33). The van der Waals surface area contributed by atoms with E-state index in [1.54, 1.807) is 21.3 Å². The van der Waals surface area contributed by atoms with E-state index in [-0.39, 0.29) is 11.8 Å². The van der Waals surface area contributed by atoms with E-state index < -0.39 is 0 Å². The van der Waals surface area contributed by atoms with E-state index in [0.717, 1.165) is 39.8 Å². The van der Waals surface area contributed by atoms with Crippen LogP contribution in [0, 0.1) is 0 Å². The summed E-state index contributed by atoms with van der Waals surface area (Å²) < 4.78 is 16.4. The summed E-state index contributed by atoms with van der Waals surface area (Å²) in [5, 5.41) is 4.25. The Morgan fingerprint density at radius 1 is 0.889 bits per heavy atom. The van der Waals surface area contributed by atoms with Crippen LogP contribution in [-0.2, 0) is 17.6 Å².